The maximum Gasteiger partial charge on any atom is 0.242 e. The molecule has 0 radical (unpaired) electrons. The molecule has 118 valence electrons. The zero-order valence-corrected chi connectivity index (χ0v) is 14.1. The molecule has 1 heterocycles. The molecule has 1 amide bonds. The van der Waals surface area contributed by atoms with E-state index in [9.17, 15) is 4.79 Å². The molecule has 1 fully saturated rings. The molecule has 1 atom stereocenters. The number of hydrogen-bond donors (Lipinski definition) is 1. The summed E-state index contributed by atoms with van der Waals surface area (Å²) in [4.78, 5) is 14.6. The minimum Gasteiger partial charge on any atom is -0.340 e. The summed E-state index contributed by atoms with van der Waals surface area (Å²) in [6.07, 6.45) is 3.98. The second-order valence-electron chi connectivity index (χ2n) is 5.80. The third-order valence-corrected chi connectivity index (χ3v) is 4.45. The smallest absolute Gasteiger partial charge is 0.242 e. The molecule has 1 aliphatic rings. The molecule has 3 nitrogen and oxygen atoms in total. The zero-order chi connectivity index (χ0) is 14.6. The molecule has 4 heteroatoms. The summed E-state index contributed by atoms with van der Waals surface area (Å²) in [7, 11) is 1.91. The lowest BCUT2D eigenvalue weighted by molar-refractivity contribution is -0.137. The molecule has 2 rings (SSSR count). The number of rotatable bonds is 5. The molecule has 0 spiro atoms. The molecule has 0 aliphatic carbocycles. The summed E-state index contributed by atoms with van der Waals surface area (Å²) in [6, 6.07) is 8.56. The van der Waals surface area contributed by atoms with Gasteiger partial charge >= 0.3 is 0 Å². The number of amides is 1. The van der Waals surface area contributed by atoms with Crippen molar-refractivity contribution in [3.05, 3.63) is 35.4 Å². The van der Waals surface area contributed by atoms with Crippen LogP contribution in [0.1, 0.15) is 44.2 Å². The number of hydrogen-bond acceptors (Lipinski definition) is 2. The minimum atomic E-state index is -0.321. The number of carbonyl (C=O) groups is 1. The maximum atomic E-state index is 12.7. The first-order valence-corrected chi connectivity index (χ1v) is 7.69. The van der Waals surface area contributed by atoms with Crippen molar-refractivity contribution in [2.75, 3.05) is 13.6 Å². The second kappa shape index (κ2) is 7.81. The van der Waals surface area contributed by atoms with Crippen molar-refractivity contribution in [1.82, 2.24) is 10.2 Å². The molecular formula is C17H27ClN2O. The topological polar surface area (TPSA) is 32.3 Å². The fraction of sp³-hybridized carbons (Fsp3) is 0.588. The van der Waals surface area contributed by atoms with Crippen LogP contribution in [0.15, 0.2) is 24.3 Å². The lowest BCUT2D eigenvalue weighted by Crippen LogP contribution is -2.53. The Bertz CT molecular complexity index is 452. The molecular weight excluding hydrogens is 284 g/mol. The van der Waals surface area contributed by atoms with Gasteiger partial charge in [-0.15, -0.1) is 12.4 Å². The van der Waals surface area contributed by atoms with E-state index in [0.29, 0.717) is 6.54 Å². The summed E-state index contributed by atoms with van der Waals surface area (Å²) in [5, 5.41) is 3.41. The van der Waals surface area contributed by atoms with Gasteiger partial charge in [-0.05, 0) is 43.4 Å². The van der Waals surface area contributed by atoms with Crippen molar-refractivity contribution in [2.45, 2.75) is 51.6 Å². The first kappa shape index (κ1) is 18.0. The van der Waals surface area contributed by atoms with Gasteiger partial charge in [-0.3, -0.25) is 4.79 Å². The van der Waals surface area contributed by atoms with Crippen LogP contribution in [0.25, 0.3) is 0 Å². The Morgan fingerprint density at radius 1 is 1.24 bits per heavy atom. The zero-order valence-electron chi connectivity index (χ0n) is 13.3. The normalized spacial score (nSPS) is 20.9. The van der Waals surface area contributed by atoms with Crippen molar-refractivity contribution in [3.8, 4) is 0 Å². The van der Waals surface area contributed by atoms with E-state index in [1.165, 1.54) is 11.1 Å². The first-order valence-electron chi connectivity index (χ1n) is 7.69. The largest absolute Gasteiger partial charge is 0.340 e. The Kier molecular flexibility index (Phi) is 6.69. The van der Waals surface area contributed by atoms with E-state index in [4.69, 9.17) is 0 Å². The van der Waals surface area contributed by atoms with E-state index in [1.54, 1.807) is 0 Å². The summed E-state index contributed by atoms with van der Waals surface area (Å²) in [5.41, 5.74) is 2.21. The Balaban J connectivity index is 0.00000220. The third kappa shape index (κ3) is 3.98. The van der Waals surface area contributed by atoms with E-state index in [0.717, 1.165) is 32.2 Å². The summed E-state index contributed by atoms with van der Waals surface area (Å²) < 4.78 is 0. The van der Waals surface area contributed by atoms with Crippen LogP contribution in [0, 0.1) is 0 Å². The Morgan fingerprint density at radius 3 is 2.33 bits per heavy atom. The average molecular weight is 311 g/mol. The van der Waals surface area contributed by atoms with Crippen LogP contribution in [-0.2, 0) is 17.8 Å². The van der Waals surface area contributed by atoms with Gasteiger partial charge in [0.15, 0.2) is 0 Å². The van der Waals surface area contributed by atoms with Crippen LogP contribution >= 0.6 is 12.4 Å². The lowest BCUT2D eigenvalue weighted by Gasteiger charge is -2.32. The van der Waals surface area contributed by atoms with Crippen LogP contribution < -0.4 is 5.32 Å². The fourth-order valence-corrected chi connectivity index (χ4v) is 3.03. The van der Waals surface area contributed by atoms with Crippen molar-refractivity contribution >= 4 is 18.3 Å². The fourth-order valence-electron chi connectivity index (χ4n) is 3.03. The second-order valence-corrected chi connectivity index (χ2v) is 5.80. The number of nitrogens with zero attached hydrogens (tertiary/aromatic N) is 1. The van der Waals surface area contributed by atoms with Crippen molar-refractivity contribution in [3.63, 3.8) is 0 Å². The average Bonchev–Trinajstić information content (AvgIpc) is 2.97. The van der Waals surface area contributed by atoms with Gasteiger partial charge in [0, 0.05) is 13.6 Å². The quantitative estimate of drug-likeness (QED) is 0.906. The van der Waals surface area contributed by atoms with E-state index in [2.05, 4.69) is 43.4 Å². The van der Waals surface area contributed by atoms with Crippen LogP contribution in [0.2, 0.25) is 0 Å². The van der Waals surface area contributed by atoms with Crippen LogP contribution in [-0.4, -0.2) is 29.9 Å². The van der Waals surface area contributed by atoms with Gasteiger partial charge in [-0.25, -0.2) is 0 Å². The standard InChI is InChI=1S/C17H26N2O.ClH/c1-4-14-7-9-15(10-8-14)13-19(3)16(20)17(5-2)11-6-12-18-17;/h7-10,18H,4-6,11-13H2,1-3H3;1H. The molecule has 1 N–H and O–H groups in total. The van der Waals surface area contributed by atoms with Gasteiger partial charge < -0.3 is 10.2 Å². The predicted octanol–water partition coefficient (Wildman–Crippen LogP) is 3.16. The first-order chi connectivity index (χ1) is 9.61. The number of likely N-dealkylation sites (N-methyl/N-ethyl adjacent to an activating group) is 1. The Labute approximate surface area is 134 Å². The molecule has 0 bridgehead atoms. The van der Waals surface area contributed by atoms with Crippen LogP contribution in [0.3, 0.4) is 0 Å². The minimum absolute atomic E-state index is 0. The predicted molar refractivity (Wildman–Crippen MR) is 89.8 cm³/mol. The van der Waals surface area contributed by atoms with Gasteiger partial charge in [-0.1, -0.05) is 38.1 Å². The van der Waals surface area contributed by atoms with Gasteiger partial charge in [-0.2, -0.15) is 0 Å². The summed E-state index contributed by atoms with van der Waals surface area (Å²) in [6.45, 7) is 5.90. The van der Waals surface area contributed by atoms with Gasteiger partial charge in [0.2, 0.25) is 5.91 Å². The van der Waals surface area contributed by atoms with Crippen LogP contribution in [0.5, 0.6) is 0 Å². The van der Waals surface area contributed by atoms with E-state index in [1.807, 2.05) is 11.9 Å². The Hall–Kier alpha value is -1.06. The highest BCUT2D eigenvalue weighted by Crippen LogP contribution is 2.25. The van der Waals surface area contributed by atoms with Crippen LogP contribution in [0.4, 0.5) is 0 Å². The molecule has 1 aromatic carbocycles. The van der Waals surface area contributed by atoms with Crippen molar-refractivity contribution < 1.29 is 4.79 Å². The van der Waals surface area contributed by atoms with Gasteiger partial charge in [0.25, 0.3) is 0 Å². The lowest BCUT2D eigenvalue weighted by atomic mass is 9.92. The number of carbonyl (C=O) groups excluding carboxylic acids is 1. The highest BCUT2D eigenvalue weighted by Gasteiger charge is 2.40. The Morgan fingerprint density at radius 2 is 1.86 bits per heavy atom. The van der Waals surface area contributed by atoms with Crippen molar-refractivity contribution in [1.29, 1.82) is 0 Å². The van der Waals surface area contributed by atoms with E-state index >= 15 is 0 Å². The molecule has 1 aromatic rings. The number of halogens is 1. The van der Waals surface area contributed by atoms with E-state index < -0.39 is 0 Å². The van der Waals surface area contributed by atoms with E-state index in [-0.39, 0.29) is 23.9 Å². The molecule has 0 saturated carbocycles. The highest BCUT2D eigenvalue weighted by molar-refractivity contribution is 5.86. The highest BCUT2D eigenvalue weighted by atomic mass is 35.5. The molecule has 1 unspecified atom stereocenters. The molecule has 0 aromatic heterocycles. The third-order valence-electron chi connectivity index (χ3n) is 4.45. The molecule has 1 saturated heterocycles. The maximum absolute atomic E-state index is 12.7. The monoisotopic (exact) mass is 310 g/mol. The number of aryl methyl sites for hydroxylation is 1. The summed E-state index contributed by atoms with van der Waals surface area (Å²) in [5.74, 6) is 0.233. The number of benzene rings is 1. The van der Waals surface area contributed by atoms with Crippen molar-refractivity contribution in [2.24, 2.45) is 0 Å². The number of nitrogens with one attached hydrogen (secondary N) is 1. The SMILES string of the molecule is CCc1ccc(CN(C)C(=O)C2(CC)CCCN2)cc1.Cl. The summed E-state index contributed by atoms with van der Waals surface area (Å²) >= 11 is 0. The molecule has 21 heavy (non-hydrogen) atoms. The molecule has 1 aliphatic heterocycles. The van der Waals surface area contributed by atoms with Gasteiger partial charge in [0.1, 0.15) is 0 Å². The van der Waals surface area contributed by atoms with Gasteiger partial charge in [0.05, 0.1) is 5.54 Å².